The van der Waals surface area contributed by atoms with E-state index in [1.165, 1.54) is 12.8 Å². The number of urea groups is 1. The molecular formula is C15H25N5OS. The molecule has 1 aliphatic heterocycles. The normalized spacial score (nSPS) is 28.1. The van der Waals surface area contributed by atoms with Crippen LogP contribution >= 0.6 is 11.8 Å². The van der Waals surface area contributed by atoms with Crippen molar-refractivity contribution in [2.75, 3.05) is 24.2 Å². The summed E-state index contributed by atoms with van der Waals surface area (Å²) in [6.07, 6.45) is 10.5. The van der Waals surface area contributed by atoms with Crippen LogP contribution in [0.15, 0.2) is 12.4 Å². The number of carbonyl (C=O) groups is 1. The van der Waals surface area contributed by atoms with Crippen molar-refractivity contribution in [3.8, 4) is 0 Å². The van der Waals surface area contributed by atoms with Crippen LogP contribution in [0.4, 0.5) is 10.5 Å². The van der Waals surface area contributed by atoms with Crippen LogP contribution in [0.5, 0.6) is 0 Å². The van der Waals surface area contributed by atoms with Gasteiger partial charge in [-0.2, -0.15) is 16.9 Å². The van der Waals surface area contributed by atoms with E-state index >= 15 is 0 Å². The van der Waals surface area contributed by atoms with E-state index in [0.717, 1.165) is 31.6 Å². The number of rotatable bonds is 4. The first-order valence-electron chi connectivity index (χ1n) is 7.99. The van der Waals surface area contributed by atoms with Gasteiger partial charge in [0.05, 0.1) is 11.9 Å². The van der Waals surface area contributed by atoms with E-state index in [1.54, 1.807) is 0 Å². The Morgan fingerprint density at radius 2 is 2.23 bits per heavy atom. The molecule has 22 heavy (non-hydrogen) atoms. The van der Waals surface area contributed by atoms with Crippen molar-refractivity contribution < 1.29 is 4.79 Å². The van der Waals surface area contributed by atoms with Crippen LogP contribution in [0.25, 0.3) is 0 Å². The van der Waals surface area contributed by atoms with Crippen LogP contribution in [0.3, 0.4) is 0 Å². The molecule has 1 aromatic rings. The zero-order valence-corrected chi connectivity index (χ0v) is 14.1. The molecule has 1 saturated heterocycles. The van der Waals surface area contributed by atoms with Crippen molar-refractivity contribution in [1.82, 2.24) is 20.4 Å². The molecular weight excluding hydrogens is 298 g/mol. The summed E-state index contributed by atoms with van der Waals surface area (Å²) in [5, 5.41) is 11.1. The highest BCUT2D eigenvalue weighted by Crippen LogP contribution is 2.28. The van der Waals surface area contributed by atoms with Crippen molar-refractivity contribution in [3.63, 3.8) is 0 Å². The van der Waals surface area contributed by atoms with Gasteiger partial charge in [-0.25, -0.2) is 4.79 Å². The zero-order valence-electron chi connectivity index (χ0n) is 13.3. The summed E-state index contributed by atoms with van der Waals surface area (Å²) < 4.78 is 1.81. The van der Waals surface area contributed by atoms with Crippen LogP contribution in [0.2, 0.25) is 0 Å². The second kappa shape index (κ2) is 6.81. The number of hydrogen-bond donors (Lipinski definition) is 2. The van der Waals surface area contributed by atoms with Crippen molar-refractivity contribution in [1.29, 1.82) is 0 Å². The topological polar surface area (TPSA) is 62.2 Å². The second-order valence-corrected chi connectivity index (χ2v) is 7.31. The van der Waals surface area contributed by atoms with Gasteiger partial charge < -0.3 is 15.5 Å². The molecule has 2 aliphatic rings. The second-order valence-electron chi connectivity index (χ2n) is 6.23. The van der Waals surface area contributed by atoms with Crippen molar-refractivity contribution >= 4 is 23.5 Å². The van der Waals surface area contributed by atoms with Gasteiger partial charge in [0.15, 0.2) is 0 Å². The Morgan fingerprint density at radius 3 is 2.95 bits per heavy atom. The molecule has 0 unspecified atom stereocenters. The molecule has 3 atom stereocenters. The van der Waals surface area contributed by atoms with E-state index in [2.05, 4.69) is 26.9 Å². The first kappa shape index (κ1) is 15.5. The fraction of sp³-hybridized carbons (Fsp3) is 0.733. The molecule has 2 fully saturated rings. The molecule has 0 bridgehead atoms. The Labute approximate surface area is 136 Å². The molecule has 2 N–H and O–H groups in total. The monoisotopic (exact) mass is 323 g/mol. The molecule has 0 spiro atoms. The molecule has 1 aromatic heterocycles. The molecule has 122 valence electrons. The SMILES string of the molecule is CS[C@@H]1CCC[C@@H]1NC(=O)N[C@@H]1CCN(c2cnn(C)c2)C1. The number of hydrogen-bond acceptors (Lipinski definition) is 4. The van der Waals surface area contributed by atoms with Crippen molar-refractivity contribution in [3.05, 3.63) is 12.4 Å². The average molecular weight is 323 g/mol. The number of aromatic nitrogens is 2. The third kappa shape index (κ3) is 3.51. The van der Waals surface area contributed by atoms with E-state index in [0.29, 0.717) is 11.3 Å². The third-order valence-electron chi connectivity index (χ3n) is 4.65. The minimum Gasteiger partial charge on any atom is -0.367 e. The lowest BCUT2D eigenvalue weighted by Crippen LogP contribution is -2.48. The van der Waals surface area contributed by atoms with Crippen molar-refractivity contribution in [2.24, 2.45) is 7.05 Å². The van der Waals surface area contributed by atoms with Gasteiger partial charge in [-0.05, 0) is 25.5 Å². The fourth-order valence-corrected chi connectivity index (χ4v) is 4.39. The number of amides is 2. The van der Waals surface area contributed by atoms with Crippen LogP contribution < -0.4 is 15.5 Å². The van der Waals surface area contributed by atoms with E-state index in [1.807, 2.05) is 35.9 Å². The number of nitrogens with one attached hydrogen (secondary N) is 2. The highest BCUT2D eigenvalue weighted by atomic mass is 32.2. The summed E-state index contributed by atoms with van der Waals surface area (Å²) in [6, 6.07) is 0.532. The number of aryl methyl sites for hydroxylation is 1. The van der Waals surface area contributed by atoms with Gasteiger partial charge in [-0.15, -0.1) is 0 Å². The van der Waals surface area contributed by atoms with Gasteiger partial charge in [0.1, 0.15) is 0 Å². The zero-order chi connectivity index (χ0) is 15.5. The maximum atomic E-state index is 12.2. The number of carbonyl (C=O) groups excluding carboxylic acids is 1. The predicted octanol–water partition coefficient (Wildman–Crippen LogP) is 1.58. The van der Waals surface area contributed by atoms with Crippen LogP contribution in [0, 0.1) is 0 Å². The largest absolute Gasteiger partial charge is 0.367 e. The summed E-state index contributed by atoms with van der Waals surface area (Å²) >= 11 is 1.87. The van der Waals surface area contributed by atoms with E-state index in [4.69, 9.17) is 0 Å². The van der Waals surface area contributed by atoms with E-state index in [9.17, 15) is 4.79 Å². The first-order valence-corrected chi connectivity index (χ1v) is 9.28. The highest BCUT2D eigenvalue weighted by molar-refractivity contribution is 7.99. The molecule has 2 heterocycles. The molecule has 2 amide bonds. The van der Waals surface area contributed by atoms with Gasteiger partial charge in [0.2, 0.25) is 0 Å². The maximum absolute atomic E-state index is 12.2. The molecule has 6 nitrogen and oxygen atoms in total. The standard InChI is InChI=1S/C15H25N5OS/c1-19-10-12(8-16-19)20-7-6-11(9-20)17-15(21)18-13-4-3-5-14(13)22-2/h8,10-11,13-14H,3-7,9H2,1-2H3,(H2,17,18,21)/t11-,13+,14-/m1/s1. The van der Waals surface area contributed by atoms with Gasteiger partial charge >= 0.3 is 6.03 Å². The maximum Gasteiger partial charge on any atom is 0.315 e. The van der Waals surface area contributed by atoms with Crippen LogP contribution in [-0.4, -0.2) is 52.5 Å². The summed E-state index contributed by atoms with van der Waals surface area (Å²) in [6.45, 7) is 1.82. The molecule has 3 rings (SSSR count). The number of nitrogens with zero attached hydrogens (tertiary/aromatic N) is 3. The third-order valence-corrected chi connectivity index (χ3v) is 5.82. The lowest BCUT2D eigenvalue weighted by molar-refractivity contribution is 0.234. The summed E-state index contributed by atoms with van der Waals surface area (Å²) in [7, 11) is 1.92. The van der Waals surface area contributed by atoms with Crippen LogP contribution in [-0.2, 0) is 7.05 Å². The molecule has 7 heteroatoms. The molecule has 0 radical (unpaired) electrons. The number of anilines is 1. The minimum absolute atomic E-state index is 0.0102. The lowest BCUT2D eigenvalue weighted by atomic mass is 10.2. The first-order chi connectivity index (χ1) is 10.7. The van der Waals surface area contributed by atoms with Crippen LogP contribution in [0.1, 0.15) is 25.7 Å². The van der Waals surface area contributed by atoms with E-state index in [-0.39, 0.29) is 12.1 Å². The molecule has 0 aromatic carbocycles. The Balaban J connectivity index is 1.46. The fourth-order valence-electron chi connectivity index (χ4n) is 3.45. The van der Waals surface area contributed by atoms with Gasteiger partial charge in [0.25, 0.3) is 0 Å². The van der Waals surface area contributed by atoms with Gasteiger partial charge in [-0.3, -0.25) is 4.68 Å². The minimum atomic E-state index is -0.0102. The summed E-state index contributed by atoms with van der Waals surface area (Å²) in [5.74, 6) is 0. The Hall–Kier alpha value is -1.37. The lowest BCUT2D eigenvalue weighted by Gasteiger charge is -2.21. The van der Waals surface area contributed by atoms with Crippen molar-refractivity contribution in [2.45, 2.75) is 43.0 Å². The van der Waals surface area contributed by atoms with Gasteiger partial charge in [0, 0.05) is 43.7 Å². The Kier molecular flexibility index (Phi) is 4.81. The quantitative estimate of drug-likeness (QED) is 0.883. The smallest absolute Gasteiger partial charge is 0.315 e. The predicted molar refractivity (Wildman–Crippen MR) is 90.4 cm³/mol. The molecule has 1 aliphatic carbocycles. The highest BCUT2D eigenvalue weighted by Gasteiger charge is 2.29. The Morgan fingerprint density at radius 1 is 1.36 bits per heavy atom. The summed E-state index contributed by atoms with van der Waals surface area (Å²) in [5.41, 5.74) is 1.13. The van der Waals surface area contributed by atoms with Gasteiger partial charge in [-0.1, -0.05) is 6.42 Å². The summed E-state index contributed by atoms with van der Waals surface area (Å²) in [4.78, 5) is 14.5. The number of thioether (sulfide) groups is 1. The Bertz CT molecular complexity index is 520. The molecule has 1 saturated carbocycles. The van der Waals surface area contributed by atoms with E-state index < -0.39 is 0 Å². The average Bonchev–Trinajstić information content (AvgIpc) is 3.19.